The Kier molecular flexibility index (Phi) is 5.29. The van der Waals surface area contributed by atoms with E-state index in [1.165, 1.54) is 9.75 Å². The summed E-state index contributed by atoms with van der Waals surface area (Å²) in [6.07, 6.45) is 2.53. The molecule has 0 radical (unpaired) electrons. The Morgan fingerprint density at radius 1 is 1.33 bits per heavy atom. The van der Waals surface area contributed by atoms with Crippen LogP contribution in [0.5, 0.6) is 0 Å². The molecule has 1 unspecified atom stereocenters. The first-order valence-corrected chi connectivity index (χ1v) is 6.39. The Hall–Kier alpha value is -0.380. The Labute approximate surface area is 96.1 Å². The van der Waals surface area contributed by atoms with Crippen LogP contribution in [0.4, 0.5) is 0 Å². The molecule has 3 heteroatoms. The number of aliphatic hydroxyl groups excluding tert-OH is 1. The van der Waals surface area contributed by atoms with Gasteiger partial charge in [0.25, 0.3) is 0 Å². The van der Waals surface area contributed by atoms with E-state index in [9.17, 15) is 5.11 Å². The fourth-order valence-electron chi connectivity index (χ4n) is 1.50. The van der Waals surface area contributed by atoms with Gasteiger partial charge in [-0.15, -0.1) is 11.3 Å². The topological polar surface area (TPSA) is 46.2 Å². The highest BCUT2D eigenvalue weighted by Crippen LogP contribution is 2.21. The van der Waals surface area contributed by atoms with Gasteiger partial charge >= 0.3 is 0 Å². The molecular weight excluding hydrogens is 206 g/mol. The predicted molar refractivity (Wildman–Crippen MR) is 66.2 cm³/mol. The number of hydrogen-bond donors (Lipinski definition) is 2. The van der Waals surface area contributed by atoms with E-state index in [4.69, 9.17) is 5.73 Å². The predicted octanol–water partition coefficient (Wildman–Crippen LogP) is 2.20. The first kappa shape index (κ1) is 12.7. The van der Waals surface area contributed by atoms with E-state index in [0.29, 0.717) is 12.5 Å². The normalized spacial score (nSPS) is 13.4. The minimum absolute atomic E-state index is 0.347. The molecule has 0 aliphatic carbocycles. The van der Waals surface area contributed by atoms with Gasteiger partial charge < -0.3 is 10.8 Å². The smallest absolute Gasteiger partial charge is 0.0665 e. The van der Waals surface area contributed by atoms with Gasteiger partial charge in [0.2, 0.25) is 0 Å². The van der Waals surface area contributed by atoms with Crippen LogP contribution in [0.25, 0.3) is 0 Å². The summed E-state index contributed by atoms with van der Waals surface area (Å²) in [5, 5.41) is 9.35. The Bertz CT molecular complexity index is 283. The van der Waals surface area contributed by atoms with Gasteiger partial charge in [0.15, 0.2) is 0 Å². The zero-order valence-electron chi connectivity index (χ0n) is 9.57. The summed E-state index contributed by atoms with van der Waals surface area (Å²) in [4.78, 5) is 2.81. The minimum atomic E-state index is -0.347. The van der Waals surface area contributed by atoms with Crippen molar-refractivity contribution in [2.45, 2.75) is 39.2 Å². The maximum Gasteiger partial charge on any atom is 0.0665 e. The third-order valence-corrected chi connectivity index (χ3v) is 3.49. The monoisotopic (exact) mass is 227 g/mol. The van der Waals surface area contributed by atoms with Gasteiger partial charge in [-0.25, -0.2) is 0 Å². The average molecular weight is 227 g/mol. The molecule has 0 spiro atoms. The molecule has 0 aliphatic heterocycles. The van der Waals surface area contributed by atoms with Gasteiger partial charge in [-0.1, -0.05) is 13.8 Å². The highest BCUT2D eigenvalue weighted by Gasteiger charge is 2.05. The molecule has 1 heterocycles. The largest absolute Gasteiger partial charge is 0.392 e. The van der Waals surface area contributed by atoms with E-state index in [1.807, 2.05) is 11.3 Å². The molecule has 15 heavy (non-hydrogen) atoms. The fourth-order valence-corrected chi connectivity index (χ4v) is 2.74. The summed E-state index contributed by atoms with van der Waals surface area (Å²) >= 11 is 1.86. The van der Waals surface area contributed by atoms with Crippen molar-refractivity contribution < 1.29 is 5.11 Å². The standard InChI is InChI=1S/C12H21NOS/c1-9(2)7-12-6-5-11(15-12)4-3-10(14)8-13/h5-6,9-10,14H,3-4,7-8,13H2,1-2H3. The van der Waals surface area contributed by atoms with E-state index in [-0.39, 0.29) is 6.10 Å². The molecule has 1 atom stereocenters. The number of rotatable bonds is 6. The third kappa shape index (κ3) is 4.78. The van der Waals surface area contributed by atoms with Crippen LogP contribution in [0, 0.1) is 5.92 Å². The molecule has 0 aromatic carbocycles. The summed E-state index contributed by atoms with van der Waals surface area (Å²) in [6.45, 7) is 4.83. The molecule has 0 bridgehead atoms. The first-order chi connectivity index (χ1) is 7.11. The molecule has 3 N–H and O–H groups in total. The highest BCUT2D eigenvalue weighted by molar-refractivity contribution is 7.11. The molecule has 0 amide bonds. The van der Waals surface area contributed by atoms with Gasteiger partial charge in [0.1, 0.15) is 0 Å². The van der Waals surface area contributed by atoms with Crippen LogP contribution in [-0.2, 0) is 12.8 Å². The molecule has 0 saturated carbocycles. The van der Waals surface area contributed by atoms with Crippen molar-refractivity contribution in [2.75, 3.05) is 6.54 Å². The minimum Gasteiger partial charge on any atom is -0.392 e. The maximum atomic E-state index is 9.35. The number of thiophene rings is 1. The zero-order valence-corrected chi connectivity index (χ0v) is 10.4. The summed E-state index contributed by atoms with van der Waals surface area (Å²) in [5.74, 6) is 0.714. The van der Waals surface area contributed by atoms with Crippen molar-refractivity contribution in [3.8, 4) is 0 Å². The second kappa shape index (κ2) is 6.26. The lowest BCUT2D eigenvalue weighted by atomic mass is 10.1. The lowest BCUT2D eigenvalue weighted by Crippen LogP contribution is -2.19. The lowest BCUT2D eigenvalue weighted by Gasteiger charge is -2.05. The van der Waals surface area contributed by atoms with E-state index in [1.54, 1.807) is 0 Å². The maximum absolute atomic E-state index is 9.35. The molecule has 0 aliphatic rings. The summed E-state index contributed by atoms with van der Waals surface area (Å²) in [5.41, 5.74) is 5.36. The van der Waals surface area contributed by atoms with Crippen LogP contribution in [0.1, 0.15) is 30.0 Å². The lowest BCUT2D eigenvalue weighted by molar-refractivity contribution is 0.173. The van der Waals surface area contributed by atoms with Crippen LogP contribution >= 0.6 is 11.3 Å². The van der Waals surface area contributed by atoms with Gasteiger partial charge in [-0.05, 0) is 37.3 Å². The summed E-state index contributed by atoms with van der Waals surface area (Å²) in [6, 6.07) is 4.38. The van der Waals surface area contributed by atoms with Crippen LogP contribution in [0.3, 0.4) is 0 Å². The SMILES string of the molecule is CC(C)Cc1ccc(CCC(O)CN)s1. The highest BCUT2D eigenvalue weighted by atomic mass is 32.1. The van der Waals surface area contributed by atoms with Gasteiger partial charge in [0.05, 0.1) is 6.10 Å². The van der Waals surface area contributed by atoms with E-state index >= 15 is 0 Å². The summed E-state index contributed by atoms with van der Waals surface area (Å²) < 4.78 is 0. The molecule has 1 aromatic rings. The van der Waals surface area contributed by atoms with Crippen molar-refractivity contribution in [3.05, 3.63) is 21.9 Å². The van der Waals surface area contributed by atoms with E-state index < -0.39 is 0 Å². The average Bonchev–Trinajstić information content (AvgIpc) is 2.61. The Balaban J connectivity index is 2.39. The van der Waals surface area contributed by atoms with Crippen molar-refractivity contribution in [1.29, 1.82) is 0 Å². The van der Waals surface area contributed by atoms with Crippen LogP contribution in [0.15, 0.2) is 12.1 Å². The van der Waals surface area contributed by atoms with Crippen LogP contribution < -0.4 is 5.73 Å². The zero-order chi connectivity index (χ0) is 11.3. The quantitative estimate of drug-likeness (QED) is 0.782. The molecule has 1 aromatic heterocycles. The van der Waals surface area contributed by atoms with Crippen molar-refractivity contribution in [1.82, 2.24) is 0 Å². The molecule has 0 fully saturated rings. The molecule has 0 saturated heterocycles. The van der Waals surface area contributed by atoms with Gasteiger partial charge in [-0.2, -0.15) is 0 Å². The Morgan fingerprint density at radius 3 is 2.60 bits per heavy atom. The van der Waals surface area contributed by atoms with Crippen molar-refractivity contribution >= 4 is 11.3 Å². The van der Waals surface area contributed by atoms with Crippen molar-refractivity contribution in [3.63, 3.8) is 0 Å². The fraction of sp³-hybridized carbons (Fsp3) is 0.667. The third-order valence-electron chi connectivity index (χ3n) is 2.32. The Morgan fingerprint density at radius 2 is 2.00 bits per heavy atom. The van der Waals surface area contributed by atoms with Crippen LogP contribution in [-0.4, -0.2) is 17.8 Å². The molecule has 86 valence electrons. The van der Waals surface area contributed by atoms with E-state index in [2.05, 4.69) is 26.0 Å². The first-order valence-electron chi connectivity index (χ1n) is 5.57. The second-order valence-corrected chi connectivity index (χ2v) is 5.65. The second-order valence-electron chi connectivity index (χ2n) is 4.39. The number of hydrogen-bond acceptors (Lipinski definition) is 3. The van der Waals surface area contributed by atoms with Gasteiger partial charge in [-0.3, -0.25) is 0 Å². The number of aliphatic hydroxyl groups is 1. The summed E-state index contributed by atoms with van der Waals surface area (Å²) in [7, 11) is 0. The molecular formula is C12H21NOS. The van der Waals surface area contributed by atoms with Gasteiger partial charge in [0, 0.05) is 16.3 Å². The number of nitrogens with two attached hydrogens (primary N) is 1. The van der Waals surface area contributed by atoms with Crippen LogP contribution in [0.2, 0.25) is 0 Å². The molecule has 1 rings (SSSR count). The van der Waals surface area contributed by atoms with E-state index in [0.717, 1.165) is 19.3 Å². The number of aryl methyl sites for hydroxylation is 1. The molecule has 2 nitrogen and oxygen atoms in total. The van der Waals surface area contributed by atoms with Crippen molar-refractivity contribution in [2.24, 2.45) is 11.7 Å².